The van der Waals surface area contributed by atoms with Gasteiger partial charge in [0.2, 0.25) is 5.91 Å². The molecule has 2 amide bonds. The number of furan rings is 1. The van der Waals surface area contributed by atoms with Crippen LogP contribution in [0.2, 0.25) is 0 Å². The average Bonchev–Trinajstić information content (AvgIpc) is 3.22. The lowest BCUT2D eigenvalue weighted by Crippen LogP contribution is -2.40. The van der Waals surface area contributed by atoms with Gasteiger partial charge in [0.15, 0.2) is 0 Å². The van der Waals surface area contributed by atoms with Crippen molar-refractivity contribution >= 4 is 26.7 Å². The van der Waals surface area contributed by atoms with E-state index in [0.717, 1.165) is 12.0 Å². The summed E-state index contributed by atoms with van der Waals surface area (Å²) in [7, 11) is -4.09. The number of aryl methyl sites for hydroxylation is 1. The second kappa shape index (κ2) is 7.40. The summed E-state index contributed by atoms with van der Waals surface area (Å²) in [5.74, 6) is -0.735. The van der Waals surface area contributed by atoms with Crippen LogP contribution in [-0.2, 0) is 32.6 Å². The summed E-state index contributed by atoms with van der Waals surface area (Å²) in [6.45, 7) is 3.00. The summed E-state index contributed by atoms with van der Waals surface area (Å²) in [5.41, 5.74) is 1.61. The Morgan fingerprint density at radius 2 is 1.89 bits per heavy atom. The summed E-state index contributed by atoms with van der Waals surface area (Å²) in [4.78, 5) is 24.6. The van der Waals surface area contributed by atoms with Crippen molar-refractivity contribution in [1.29, 1.82) is 0 Å². The van der Waals surface area contributed by atoms with Crippen molar-refractivity contribution in [3.05, 3.63) is 65.1 Å². The molecule has 0 saturated carbocycles. The minimum Gasteiger partial charge on any atom is -0.467 e. The third-order valence-corrected chi connectivity index (χ3v) is 6.32. The van der Waals surface area contributed by atoms with E-state index < -0.39 is 28.4 Å². The Balaban J connectivity index is 1.78. The molecule has 0 aliphatic carbocycles. The number of nitrogens with zero attached hydrogens (tertiary/aromatic N) is 1. The molecule has 0 bridgehead atoms. The van der Waals surface area contributed by atoms with Gasteiger partial charge < -0.3 is 9.73 Å². The van der Waals surface area contributed by atoms with Gasteiger partial charge in [-0.2, -0.15) is 0 Å². The van der Waals surface area contributed by atoms with E-state index in [9.17, 15) is 18.0 Å². The van der Waals surface area contributed by atoms with Crippen LogP contribution in [0.25, 0.3) is 4.91 Å². The summed E-state index contributed by atoms with van der Waals surface area (Å²) in [6, 6.07) is 10.4. The van der Waals surface area contributed by atoms with Crippen molar-refractivity contribution in [2.45, 2.75) is 26.8 Å². The number of carbonyl (C=O) groups is 2. The fraction of sp³-hybridized carbons (Fsp3) is 0.263. The standard InChI is InChI=1S/C19H20N2O5S/c1-3-14-6-8-15(9-7-14)18-13(2)19(23)21(27(18,24)25)12-17(22)20-11-16-5-4-10-26-16/h4-10H,3,11-12H2,1-2H3,(H,20,22). The summed E-state index contributed by atoms with van der Waals surface area (Å²) < 4.78 is 31.5. The van der Waals surface area contributed by atoms with Crippen LogP contribution < -0.4 is 5.32 Å². The van der Waals surface area contributed by atoms with Gasteiger partial charge in [-0.1, -0.05) is 31.2 Å². The number of rotatable bonds is 6. The first-order valence-corrected chi connectivity index (χ1v) is 9.95. The highest BCUT2D eigenvalue weighted by Crippen LogP contribution is 2.35. The summed E-state index contributed by atoms with van der Waals surface area (Å²) in [6.07, 6.45) is 2.30. The minimum atomic E-state index is -4.09. The predicted molar refractivity (Wildman–Crippen MR) is 99.6 cm³/mol. The Bertz CT molecular complexity index is 989. The molecule has 1 aliphatic rings. The number of amides is 2. The Kier molecular flexibility index (Phi) is 5.18. The molecule has 1 N–H and O–H groups in total. The fourth-order valence-corrected chi connectivity index (χ4v) is 4.67. The lowest BCUT2D eigenvalue weighted by molar-refractivity contribution is -0.128. The lowest BCUT2D eigenvalue weighted by Gasteiger charge is -2.16. The zero-order chi connectivity index (χ0) is 19.6. The van der Waals surface area contributed by atoms with Crippen LogP contribution in [0.15, 0.2) is 52.7 Å². The van der Waals surface area contributed by atoms with E-state index in [4.69, 9.17) is 4.42 Å². The molecular weight excluding hydrogens is 368 g/mol. The van der Waals surface area contributed by atoms with E-state index in [1.807, 2.05) is 19.1 Å². The van der Waals surface area contributed by atoms with Gasteiger partial charge in [0, 0.05) is 5.57 Å². The topological polar surface area (TPSA) is 96.7 Å². The van der Waals surface area contributed by atoms with Gasteiger partial charge in [-0.25, -0.2) is 12.7 Å². The van der Waals surface area contributed by atoms with Crippen LogP contribution in [0.4, 0.5) is 0 Å². The van der Waals surface area contributed by atoms with Crippen molar-refractivity contribution in [2.75, 3.05) is 6.54 Å². The van der Waals surface area contributed by atoms with Gasteiger partial charge in [0.25, 0.3) is 15.9 Å². The minimum absolute atomic E-state index is 0.0472. The fourth-order valence-electron chi connectivity index (χ4n) is 2.90. The number of benzene rings is 1. The lowest BCUT2D eigenvalue weighted by atomic mass is 10.1. The normalized spacial score (nSPS) is 16.1. The first-order valence-electron chi connectivity index (χ1n) is 8.51. The van der Waals surface area contributed by atoms with Gasteiger partial charge in [-0.3, -0.25) is 9.59 Å². The van der Waals surface area contributed by atoms with Crippen LogP contribution in [0.3, 0.4) is 0 Å². The second-order valence-corrected chi connectivity index (χ2v) is 7.98. The van der Waals surface area contributed by atoms with Crippen LogP contribution in [-0.4, -0.2) is 31.1 Å². The molecule has 1 aliphatic heterocycles. The maximum absolute atomic E-state index is 12.9. The van der Waals surface area contributed by atoms with Gasteiger partial charge in [0.1, 0.15) is 17.2 Å². The molecule has 0 radical (unpaired) electrons. The molecule has 3 rings (SSSR count). The zero-order valence-corrected chi connectivity index (χ0v) is 15.9. The maximum atomic E-state index is 12.9. The van der Waals surface area contributed by atoms with Crippen molar-refractivity contribution in [1.82, 2.24) is 9.62 Å². The van der Waals surface area contributed by atoms with Gasteiger partial charge in [0.05, 0.1) is 12.8 Å². The summed E-state index contributed by atoms with van der Waals surface area (Å²) in [5, 5.41) is 2.55. The number of sulfonamides is 1. The number of carbonyl (C=O) groups excluding carboxylic acids is 2. The smallest absolute Gasteiger partial charge is 0.268 e. The molecule has 8 heteroatoms. The van der Waals surface area contributed by atoms with Crippen molar-refractivity contribution in [3.8, 4) is 0 Å². The van der Waals surface area contributed by atoms with Gasteiger partial charge in [-0.15, -0.1) is 0 Å². The quantitative estimate of drug-likeness (QED) is 0.817. The van der Waals surface area contributed by atoms with E-state index in [1.165, 1.54) is 13.2 Å². The van der Waals surface area contributed by atoms with Crippen LogP contribution in [0.5, 0.6) is 0 Å². The molecular formula is C19H20N2O5S. The number of nitrogens with one attached hydrogen (secondary N) is 1. The van der Waals surface area contributed by atoms with E-state index in [2.05, 4.69) is 5.32 Å². The largest absolute Gasteiger partial charge is 0.467 e. The van der Waals surface area contributed by atoms with Crippen LogP contribution in [0, 0.1) is 0 Å². The first-order chi connectivity index (χ1) is 12.8. The molecule has 27 heavy (non-hydrogen) atoms. The van der Waals surface area contributed by atoms with Crippen molar-refractivity contribution in [3.63, 3.8) is 0 Å². The van der Waals surface area contributed by atoms with E-state index in [1.54, 1.807) is 24.3 Å². The van der Waals surface area contributed by atoms with Crippen molar-refractivity contribution < 1.29 is 22.4 Å². The summed E-state index contributed by atoms with van der Waals surface area (Å²) >= 11 is 0. The highest BCUT2D eigenvalue weighted by Gasteiger charge is 2.43. The molecule has 0 spiro atoms. The molecule has 1 aromatic carbocycles. The Labute approximate surface area is 157 Å². The molecule has 0 unspecified atom stereocenters. The molecule has 2 heterocycles. The highest BCUT2D eigenvalue weighted by molar-refractivity contribution is 7.99. The SMILES string of the molecule is CCc1ccc(C2=C(C)C(=O)N(CC(=O)NCc3ccco3)S2(=O)=O)cc1. The molecule has 2 aromatic rings. The average molecular weight is 388 g/mol. The predicted octanol–water partition coefficient (Wildman–Crippen LogP) is 2.06. The number of hydrogen-bond donors (Lipinski definition) is 1. The Morgan fingerprint density at radius 1 is 1.19 bits per heavy atom. The third kappa shape index (κ3) is 3.66. The zero-order valence-electron chi connectivity index (χ0n) is 15.1. The van der Waals surface area contributed by atoms with E-state index in [-0.39, 0.29) is 17.0 Å². The maximum Gasteiger partial charge on any atom is 0.268 e. The van der Waals surface area contributed by atoms with Gasteiger partial charge >= 0.3 is 0 Å². The van der Waals surface area contributed by atoms with Gasteiger partial charge in [-0.05, 0) is 36.6 Å². The monoisotopic (exact) mass is 388 g/mol. The van der Waals surface area contributed by atoms with Crippen LogP contribution in [0.1, 0.15) is 30.7 Å². The molecule has 1 aromatic heterocycles. The van der Waals surface area contributed by atoms with E-state index >= 15 is 0 Å². The molecule has 0 saturated heterocycles. The molecule has 142 valence electrons. The first kappa shape index (κ1) is 18.9. The van der Waals surface area contributed by atoms with Crippen LogP contribution >= 0.6 is 0 Å². The number of hydrogen-bond acceptors (Lipinski definition) is 5. The van der Waals surface area contributed by atoms with E-state index in [0.29, 0.717) is 15.6 Å². The third-order valence-electron chi connectivity index (χ3n) is 4.39. The second-order valence-electron chi connectivity index (χ2n) is 6.18. The highest BCUT2D eigenvalue weighted by atomic mass is 32.2. The molecule has 7 nitrogen and oxygen atoms in total. The molecule has 0 atom stereocenters. The Hall–Kier alpha value is -2.87. The van der Waals surface area contributed by atoms with Crippen molar-refractivity contribution in [2.24, 2.45) is 0 Å². The molecule has 0 fully saturated rings. The Morgan fingerprint density at radius 3 is 2.48 bits per heavy atom.